The van der Waals surface area contributed by atoms with Crippen LogP contribution in [0.25, 0.3) is 0 Å². The maximum Gasteiger partial charge on any atom is 0.223 e. The lowest BCUT2D eigenvalue weighted by molar-refractivity contribution is -0.128. The van der Waals surface area contributed by atoms with Gasteiger partial charge in [0.1, 0.15) is 0 Å². The molecule has 0 radical (unpaired) electrons. The Balaban J connectivity index is 1.34. The lowest BCUT2D eigenvalue weighted by Crippen LogP contribution is -2.49. The smallest absolute Gasteiger partial charge is 0.223 e. The summed E-state index contributed by atoms with van der Waals surface area (Å²) in [6.07, 6.45) is 6.97. The standard InChI is InChI=1S/C21H30N2O2/c22-18-15-7-4-8-16(18)12-17(11-15)20(25)23-13-21(9-10-21)19(24)14-5-2-1-3-6-14/h1-3,5-6,15-19,24H,4,7-13,22H2,(H,23,25). The second-order valence-electron chi connectivity index (χ2n) is 8.59. The number of amides is 1. The number of nitrogens with two attached hydrogens (primary N) is 1. The van der Waals surface area contributed by atoms with Gasteiger partial charge in [-0.3, -0.25) is 4.79 Å². The number of benzene rings is 1. The Kier molecular flexibility index (Phi) is 4.59. The highest BCUT2D eigenvalue weighted by Crippen LogP contribution is 2.54. The van der Waals surface area contributed by atoms with Crippen molar-refractivity contribution >= 4 is 5.91 Å². The van der Waals surface area contributed by atoms with Crippen molar-refractivity contribution in [1.29, 1.82) is 0 Å². The second-order valence-corrected chi connectivity index (χ2v) is 8.59. The van der Waals surface area contributed by atoms with Gasteiger partial charge in [-0.05, 0) is 55.9 Å². The zero-order valence-electron chi connectivity index (χ0n) is 14.9. The fraction of sp³-hybridized carbons (Fsp3) is 0.667. The quantitative estimate of drug-likeness (QED) is 0.770. The fourth-order valence-corrected chi connectivity index (χ4v) is 5.11. The molecule has 0 spiro atoms. The Morgan fingerprint density at radius 1 is 1.20 bits per heavy atom. The van der Waals surface area contributed by atoms with E-state index in [4.69, 9.17) is 5.73 Å². The van der Waals surface area contributed by atoms with Gasteiger partial charge in [-0.1, -0.05) is 36.8 Å². The third-order valence-electron chi connectivity index (χ3n) is 6.99. The summed E-state index contributed by atoms with van der Waals surface area (Å²) in [5.41, 5.74) is 7.12. The first-order valence-corrected chi connectivity index (χ1v) is 9.85. The molecule has 1 amide bonds. The summed E-state index contributed by atoms with van der Waals surface area (Å²) in [7, 11) is 0. The Labute approximate surface area is 150 Å². The van der Waals surface area contributed by atoms with Gasteiger partial charge in [0.05, 0.1) is 6.10 Å². The van der Waals surface area contributed by atoms with E-state index in [1.54, 1.807) is 0 Å². The van der Waals surface area contributed by atoms with Gasteiger partial charge in [0.25, 0.3) is 0 Å². The molecule has 4 nitrogen and oxygen atoms in total. The third kappa shape index (κ3) is 3.34. The third-order valence-corrected chi connectivity index (χ3v) is 6.99. The van der Waals surface area contributed by atoms with Crippen molar-refractivity contribution in [3.8, 4) is 0 Å². The van der Waals surface area contributed by atoms with Gasteiger partial charge < -0.3 is 16.2 Å². The summed E-state index contributed by atoms with van der Waals surface area (Å²) in [4.78, 5) is 12.7. The van der Waals surface area contributed by atoms with Gasteiger partial charge >= 0.3 is 0 Å². The molecule has 25 heavy (non-hydrogen) atoms. The highest BCUT2D eigenvalue weighted by atomic mass is 16.3. The van der Waals surface area contributed by atoms with Gasteiger partial charge in [-0.25, -0.2) is 0 Å². The van der Waals surface area contributed by atoms with Gasteiger partial charge in [-0.15, -0.1) is 0 Å². The van der Waals surface area contributed by atoms with Crippen LogP contribution in [0.2, 0.25) is 0 Å². The van der Waals surface area contributed by atoms with Gasteiger partial charge in [-0.2, -0.15) is 0 Å². The molecule has 1 aromatic rings. The molecule has 4 heteroatoms. The lowest BCUT2D eigenvalue weighted by atomic mass is 9.65. The maximum atomic E-state index is 12.7. The molecule has 0 heterocycles. The molecule has 136 valence electrons. The first-order chi connectivity index (χ1) is 12.1. The van der Waals surface area contributed by atoms with Crippen molar-refractivity contribution in [2.45, 2.75) is 57.1 Å². The highest BCUT2D eigenvalue weighted by molar-refractivity contribution is 5.79. The summed E-state index contributed by atoms with van der Waals surface area (Å²) in [5.74, 6) is 1.33. The molecule has 0 aromatic heterocycles. The monoisotopic (exact) mass is 342 g/mol. The average Bonchev–Trinajstić information content (AvgIpc) is 3.41. The number of aliphatic hydroxyl groups is 1. The molecule has 3 fully saturated rings. The number of carbonyl (C=O) groups is 1. The van der Waals surface area contributed by atoms with Gasteiger partial charge in [0.15, 0.2) is 0 Å². The Morgan fingerprint density at radius 2 is 1.84 bits per heavy atom. The molecule has 3 aliphatic rings. The molecule has 3 saturated carbocycles. The van der Waals surface area contributed by atoms with E-state index in [0.29, 0.717) is 24.4 Å². The topological polar surface area (TPSA) is 75.4 Å². The van der Waals surface area contributed by atoms with Crippen molar-refractivity contribution < 1.29 is 9.90 Å². The molecule has 3 atom stereocenters. The summed E-state index contributed by atoms with van der Waals surface area (Å²) < 4.78 is 0. The van der Waals surface area contributed by atoms with Crippen LogP contribution in [0.4, 0.5) is 0 Å². The lowest BCUT2D eigenvalue weighted by Gasteiger charge is -2.43. The number of nitrogens with one attached hydrogen (secondary N) is 1. The normalized spacial score (nSPS) is 34.2. The van der Waals surface area contributed by atoms with Crippen molar-refractivity contribution in [3.63, 3.8) is 0 Å². The number of hydrogen-bond donors (Lipinski definition) is 3. The Morgan fingerprint density at radius 3 is 2.44 bits per heavy atom. The van der Waals surface area contributed by atoms with Crippen LogP contribution in [0.15, 0.2) is 30.3 Å². The van der Waals surface area contributed by atoms with Gasteiger partial charge in [0, 0.05) is 23.9 Å². The van der Waals surface area contributed by atoms with E-state index in [0.717, 1.165) is 31.2 Å². The van der Waals surface area contributed by atoms with Crippen LogP contribution in [0.5, 0.6) is 0 Å². The van der Waals surface area contributed by atoms with Gasteiger partial charge in [0.2, 0.25) is 5.91 Å². The van der Waals surface area contributed by atoms with E-state index in [2.05, 4.69) is 5.32 Å². The van der Waals surface area contributed by atoms with E-state index < -0.39 is 6.10 Å². The summed E-state index contributed by atoms with van der Waals surface area (Å²) in [6, 6.07) is 10.1. The number of carbonyl (C=O) groups excluding carboxylic acids is 1. The highest BCUT2D eigenvalue weighted by Gasteiger charge is 2.50. The number of hydrogen-bond acceptors (Lipinski definition) is 3. The minimum Gasteiger partial charge on any atom is -0.388 e. The number of rotatable bonds is 5. The average molecular weight is 342 g/mol. The molecular weight excluding hydrogens is 312 g/mol. The molecule has 4 N–H and O–H groups in total. The predicted molar refractivity (Wildman–Crippen MR) is 97.6 cm³/mol. The molecule has 4 rings (SSSR count). The first kappa shape index (κ1) is 17.0. The van der Waals surface area contributed by atoms with Crippen LogP contribution >= 0.6 is 0 Å². The summed E-state index contributed by atoms with van der Waals surface area (Å²) in [5, 5.41) is 13.9. The van der Waals surface area contributed by atoms with E-state index >= 15 is 0 Å². The fourth-order valence-electron chi connectivity index (χ4n) is 5.11. The van der Waals surface area contributed by atoms with Crippen molar-refractivity contribution in [1.82, 2.24) is 5.32 Å². The van der Waals surface area contributed by atoms with Crippen LogP contribution in [-0.2, 0) is 4.79 Å². The summed E-state index contributed by atoms with van der Waals surface area (Å²) in [6.45, 7) is 0.583. The molecule has 0 saturated heterocycles. The molecular formula is C21H30N2O2. The van der Waals surface area contributed by atoms with E-state index in [1.165, 1.54) is 19.3 Å². The molecule has 3 aliphatic carbocycles. The first-order valence-electron chi connectivity index (χ1n) is 9.85. The summed E-state index contributed by atoms with van der Waals surface area (Å²) >= 11 is 0. The van der Waals surface area contributed by atoms with E-state index in [9.17, 15) is 9.90 Å². The minimum absolute atomic E-state index is 0.111. The van der Waals surface area contributed by atoms with E-state index in [-0.39, 0.29) is 17.2 Å². The minimum atomic E-state index is -0.492. The van der Waals surface area contributed by atoms with Crippen molar-refractivity contribution in [2.75, 3.05) is 6.54 Å². The van der Waals surface area contributed by atoms with Crippen molar-refractivity contribution in [3.05, 3.63) is 35.9 Å². The van der Waals surface area contributed by atoms with Crippen LogP contribution in [0.3, 0.4) is 0 Å². The zero-order valence-corrected chi connectivity index (χ0v) is 14.9. The molecule has 2 bridgehead atoms. The molecule has 0 aliphatic heterocycles. The largest absolute Gasteiger partial charge is 0.388 e. The zero-order chi connectivity index (χ0) is 17.4. The Bertz CT molecular complexity index is 600. The second kappa shape index (κ2) is 6.73. The molecule has 1 aromatic carbocycles. The van der Waals surface area contributed by atoms with Crippen LogP contribution in [0.1, 0.15) is 56.6 Å². The van der Waals surface area contributed by atoms with Crippen LogP contribution < -0.4 is 11.1 Å². The van der Waals surface area contributed by atoms with Crippen molar-refractivity contribution in [2.24, 2.45) is 28.9 Å². The predicted octanol–water partition coefficient (Wildman–Crippen LogP) is 2.77. The van der Waals surface area contributed by atoms with Crippen LogP contribution in [-0.4, -0.2) is 23.6 Å². The Hall–Kier alpha value is -1.39. The number of fused-ring (bicyclic) bond motifs is 2. The van der Waals surface area contributed by atoms with E-state index in [1.807, 2.05) is 30.3 Å². The molecule has 3 unspecified atom stereocenters. The maximum absolute atomic E-state index is 12.7. The number of aliphatic hydroxyl groups excluding tert-OH is 1. The SMILES string of the molecule is NC1C2CCCC1CC(C(=O)NCC1(C(O)c3ccccc3)CC1)C2. The van der Waals surface area contributed by atoms with Crippen LogP contribution in [0, 0.1) is 23.2 Å².